The second-order valence-electron chi connectivity index (χ2n) is 8.80. The standard InChI is InChI=1S/C27H19N7O4S2/c1-12(35)18(31-13-7-5-4-6-8-13)27-34(3)20-17(11-29)21-19(16(10-28)22(20)40-27)33(2)26(39-21)15-9-14(23(30)36)24(37)32-25(15)38/h4-9,31H,1-3H3,(H2,30,36)(H,32,37,38). The van der Waals surface area contributed by atoms with Gasteiger partial charge in [-0.05, 0) is 18.2 Å². The van der Waals surface area contributed by atoms with Gasteiger partial charge in [-0.2, -0.15) is 10.5 Å². The summed E-state index contributed by atoms with van der Waals surface area (Å²) in [6.45, 7) is 1.43. The first-order valence-electron chi connectivity index (χ1n) is 11.6. The lowest BCUT2D eigenvalue weighted by Gasteiger charge is -2.21. The molecule has 3 aliphatic rings. The predicted octanol–water partition coefficient (Wildman–Crippen LogP) is 2.66. The molecule has 0 aliphatic carbocycles. The summed E-state index contributed by atoms with van der Waals surface area (Å²) in [7, 11) is 3.33. The molecule has 5 rings (SSSR count). The van der Waals surface area contributed by atoms with E-state index in [2.05, 4.69) is 22.8 Å². The smallest absolute Gasteiger partial charge is 0.263 e. The Bertz CT molecular complexity index is 1730. The van der Waals surface area contributed by atoms with Crippen molar-refractivity contribution >= 4 is 64.1 Å². The first kappa shape index (κ1) is 26.6. The number of nitriles is 2. The van der Waals surface area contributed by atoms with Crippen molar-refractivity contribution in [3.8, 4) is 12.1 Å². The third-order valence-electron chi connectivity index (χ3n) is 6.37. The number of thioether (sulfide) groups is 2. The van der Waals surface area contributed by atoms with Crippen LogP contribution < -0.4 is 26.2 Å². The van der Waals surface area contributed by atoms with Gasteiger partial charge in [-0.3, -0.25) is 24.5 Å². The van der Waals surface area contributed by atoms with Crippen LogP contribution in [0.25, 0.3) is 0 Å². The number of hydrogen-bond acceptors (Lipinski definition) is 11. The fourth-order valence-corrected chi connectivity index (χ4v) is 7.09. The van der Waals surface area contributed by atoms with Crippen LogP contribution >= 0.6 is 23.5 Å². The number of allylic oxidation sites excluding steroid dienone is 1. The Morgan fingerprint density at radius 1 is 0.950 bits per heavy atom. The summed E-state index contributed by atoms with van der Waals surface area (Å²) in [6, 6.07) is 13.6. The van der Waals surface area contributed by atoms with E-state index in [0.29, 0.717) is 42.6 Å². The molecule has 0 saturated heterocycles. The summed E-state index contributed by atoms with van der Waals surface area (Å²) in [5.74, 6) is -2.87. The van der Waals surface area contributed by atoms with Crippen LogP contribution in [0, 0.1) is 22.7 Å². The first-order chi connectivity index (χ1) is 19.1. The van der Waals surface area contributed by atoms with E-state index in [0.717, 1.165) is 17.8 Å². The van der Waals surface area contributed by atoms with Crippen molar-refractivity contribution in [3.63, 3.8) is 0 Å². The topological polar surface area (TPSA) is 172 Å². The Kier molecular flexibility index (Phi) is 6.63. The molecule has 3 amide bonds. The highest BCUT2D eigenvalue weighted by atomic mass is 32.2. The highest BCUT2D eigenvalue weighted by molar-refractivity contribution is 8.04. The zero-order valence-corrected chi connectivity index (χ0v) is 22.9. The number of Topliss-reactive ketones (excluding diaryl/α,β-unsaturated/α-hetero) is 1. The van der Waals surface area contributed by atoms with Gasteiger partial charge in [0.1, 0.15) is 28.4 Å². The number of imide groups is 1. The normalized spacial score (nSPS) is 18.8. The number of benzene rings is 2. The number of nitrogens with zero attached hydrogens (tertiary/aromatic N) is 4. The van der Waals surface area contributed by atoms with Crippen LogP contribution in [-0.2, 0) is 19.2 Å². The Hall–Kier alpha value is -4.98. The van der Waals surface area contributed by atoms with Crippen molar-refractivity contribution < 1.29 is 19.2 Å². The van der Waals surface area contributed by atoms with Crippen LogP contribution in [-0.4, -0.2) is 37.6 Å². The second kappa shape index (κ2) is 9.96. The average molecular weight is 570 g/mol. The molecule has 2 aromatic carbocycles. The molecule has 0 radical (unpaired) electrons. The lowest BCUT2D eigenvalue weighted by molar-refractivity contribution is -0.128. The number of primary amides is 1. The van der Waals surface area contributed by atoms with Crippen molar-refractivity contribution in [2.24, 2.45) is 5.73 Å². The lowest BCUT2D eigenvalue weighted by atomic mass is 10.0. The number of fused-ring (bicyclic) bond motifs is 2. The molecule has 3 heterocycles. The number of hydrogen-bond donors (Lipinski definition) is 3. The van der Waals surface area contributed by atoms with Crippen LogP contribution in [0.3, 0.4) is 0 Å². The molecule has 0 atom stereocenters. The van der Waals surface area contributed by atoms with Crippen LogP contribution in [0.15, 0.2) is 73.1 Å². The summed E-state index contributed by atoms with van der Waals surface area (Å²) < 4.78 is 0. The van der Waals surface area contributed by atoms with Gasteiger partial charge in [0.2, 0.25) is 0 Å². The Labute approximate surface area is 237 Å². The second-order valence-corrected chi connectivity index (χ2v) is 10.8. The number of carbonyl (C=O) groups excluding carboxylic acids is 4. The third-order valence-corrected chi connectivity index (χ3v) is 8.93. The highest BCUT2D eigenvalue weighted by Gasteiger charge is 2.41. The molecule has 198 valence electrons. The van der Waals surface area contributed by atoms with Gasteiger partial charge in [0, 0.05) is 26.7 Å². The van der Waals surface area contributed by atoms with Crippen molar-refractivity contribution in [1.29, 1.82) is 10.5 Å². The lowest BCUT2D eigenvalue weighted by Crippen LogP contribution is -2.41. The van der Waals surface area contributed by atoms with Crippen molar-refractivity contribution in [2.75, 3.05) is 29.2 Å². The van der Waals surface area contributed by atoms with E-state index in [-0.39, 0.29) is 28.1 Å². The van der Waals surface area contributed by atoms with Crippen LogP contribution in [0.1, 0.15) is 18.1 Å². The molecular weight excluding hydrogens is 550 g/mol. The molecule has 3 aliphatic heterocycles. The number of amides is 3. The van der Waals surface area contributed by atoms with E-state index in [1.165, 1.54) is 18.7 Å². The molecule has 0 spiro atoms. The van der Waals surface area contributed by atoms with Gasteiger partial charge in [0.05, 0.1) is 42.9 Å². The monoisotopic (exact) mass is 569 g/mol. The SMILES string of the molecule is CC(=O)C(Nc1ccccc1)=C1Sc2c(C#N)c3c(c(C#N)c2N1C)SC(=C1C=C(C(N)=O)C(=O)NC1=O)N3C. The zero-order chi connectivity index (χ0) is 28.9. The number of ketones is 1. The molecule has 11 nitrogen and oxygen atoms in total. The summed E-state index contributed by atoms with van der Waals surface area (Å²) in [6.07, 6.45) is 1.12. The van der Waals surface area contributed by atoms with Gasteiger partial charge >= 0.3 is 0 Å². The van der Waals surface area contributed by atoms with Crippen LogP contribution in [0.5, 0.6) is 0 Å². The van der Waals surface area contributed by atoms with Crippen LogP contribution in [0.4, 0.5) is 17.1 Å². The molecule has 0 saturated carbocycles. The van der Waals surface area contributed by atoms with Gasteiger partial charge < -0.3 is 20.9 Å². The summed E-state index contributed by atoms with van der Waals surface area (Å²) >= 11 is 2.26. The van der Waals surface area contributed by atoms with Gasteiger partial charge in [-0.15, -0.1) is 0 Å². The predicted molar refractivity (Wildman–Crippen MR) is 150 cm³/mol. The van der Waals surface area contributed by atoms with E-state index in [4.69, 9.17) is 5.73 Å². The molecule has 0 aromatic heterocycles. The minimum atomic E-state index is -0.997. The maximum Gasteiger partial charge on any atom is 0.263 e. The number of nitrogens with one attached hydrogen (secondary N) is 2. The number of anilines is 3. The van der Waals surface area contributed by atoms with Crippen molar-refractivity contribution in [3.05, 3.63) is 74.4 Å². The summed E-state index contributed by atoms with van der Waals surface area (Å²) in [4.78, 5) is 53.5. The third kappa shape index (κ3) is 4.09. The van der Waals surface area contributed by atoms with E-state index in [1.807, 2.05) is 30.3 Å². The molecule has 0 fully saturated rings. The maximum absolute atomic E-state index is 12.7. The van der Waals surface area contributed by atoms with Gasteiger partial charge in [0.25, 0.3) is 17.7 Å². The minimum absolute atomic E-state index is 0.00226. The average Bonchev–Trinajstić information content (AvgIpc) is 3.43. The molecule has 4 N–H and O–H groups in total. The molecule has 13 heteroatoms. The number of rotatable bonds is 4. The first-order valence-corrected chi connectivity index (χ1v) is 13.3. The largest absolute Gasteiger partial charge is 0.365 e. The summed E-state index contributed by atoms with van der Waals surface area (Å²) in [5, 5.41) is 26.7. The Balaban J connectivity index is 1.69. The van der Waals surface area contributed by atoms with Crippen LogP contribution in [0.2, 0.25) is 0 Å². The van der Waals surface area contributed by atoms with E-state index < -0.39 is 17.7 Å². The minimum Gasteiger partial charge on any atom is -0.365 e. The summed E-state index contributed by atoms with van der Waals surface area (Å²) in [5.41, 5.74) is 7.27. The zero-order valence-electron chi connectivity index (χ0n) is 21.3. The maximum atomic E-state index is 12.7. The fourth-order valence-electron chi connectivity index (χ4n) is 4.53. The number of para-hydroxylation sites is 1. The van der Waals surface area contributed by atoms with Gasteiger partial charge in [0.15, 0.2) is 5.78 Å². The van der Waals surface area contributed by atoms with Crippen molar-refractivity contribution in [1.82, 2.24) is 5.32 Å². The fraction of sp³-hybridized carbons (Fsp3) is 0.111. The molecule has 2 aromatic rings. The quantitative estimate of drug-likeness (QED) is 0.281. The molecule has 0 bridgehead atoms. The van der Waals surface area contributed by atoms with E-state index >= 15 is 0 Å². The van der Waals surface area contributed by atoms with Gasteiger partial charge in [-0.1, -0.05) is 41.7 Å². The highest BCUT2D eigenvalue weighted by Crippen LogP contribution is 2.59. The van der Waals surface area contributed by atoms with Gasteiger partial charge in [-0.25, -0.2) is 0 Å². The molecular formula is C27H19N7O4S2. The van der Waals surface area contributed by atoms with E-state index in [1.54, 1.807) is 23.9 Å². The van der Waals surface area contributed by atoms with Crippen molar-refractivity contribution in [2.45, 2.75) is 16.7 Å². The Morgan fingerprint density at radius 2 is 1.55 bits per heavy atom. The van der Waals surface area contributed by atoms with E-state index in [9.17, 15) is 29.7 Å². The number of carbonyl (C=O) groups is 4. The Morgan fingerprint density at radius 3 is 2.12 bits per heavy atom. The number of nitrogens with two attached hydrogens (primary N) is 1. The molecule has 0 unspecified atom stereocenters. The molecule has 40 heavy (non-hydrogen) atoms.